The highest BCUT2D eigenvalue weighted by molar-refractivity contribution is 6.09. The van der Waals surface area contributed by atoms with Crippen LogP contribution in [0.15, 0.2) is 64.2 Å². The van der Waals surface area contributed by atoms with Crippen LogP contribution >= 0.6 is 0 Å². The van der Waals surface area contributed by atoms with Crippen LogP contribution in [0.2, 0.25) is 0 Å². The third kappa shape index (κ3) is 3.96. The molecule has 182 valence electrons. The van der Waals surface area contributed by atoms with E-state index in [1.807, 2.05) is 10.3 Å². The number of aromatic nitrogens is 2. The van der Waals surface area contributed by atoms with Crippen LogP contribution in [0.3, 0.4) is 0 Å². The molecule has 1 aliphatic heterocycles. The van der Waals surface area contributed by atoms with E-state index in [0.717, 1.165) is 10.1 Å². The van der Waals surface area contributed by atoms with E-state index in [2.05, 4.69) is 0 Å². The summed E-state index contributed by atoms with van der Waals surface area (Å²) in [5, 5.41) is 3.70. The van der Waals surface area contributed by atoms with Crippen molar-refractivity contribution in [2.45, 2.75) is 24.7 Å². The summed E-state index contributed by atoms with van der Waals surface area (Å²) in [6.45, 7) is -0.142. The number of para-hydroxylation sites is 1. The van der Waals surface area contributed by atoms with Crippen molar-refractivity contribution in [3.63, 3.8) is 0 Å². The van der Waals surface area contributed by atoms with Gasteiger partial charge in [-0.05, 0) is 24.1 Å². The predicted octanol–water partition coefficient (Wildman–Crippen LogP) is 1.93. The zero-order chi connectivity index (χ0) is 25.4. The van der Waals surface area contributed by atoms with E-state index in [9.17, 15) is 32.3 Å². The molecule has 3 aromatic rings. The molecule has 9 nitrogen and oxygen atoms in total. The van der Waals surface area contributed by atoms with Gasteiger partial charge < -0.3 is 15.4 Å². The standard InChI is InChI=1S/C23H19F3N4O5/c1-35-15-10-6-5-9-14(15)18(31)29-22(23(24,25)26)16-17(27-20(22)33)30(21(34)28-19(16)32)12-11-13-7-3-2-4-8-13/h2-10H,11-12H2,1H3,(H,27,33)(H,29,31)(H,28,32,34)/t22-/m0/s1. The van der Waals surface area contributed by atoms with Crippen molar-refractivity contribution in [3.8, 4) is 5.75 Å². The molecule has 2 aromatic carbocycles. The lowest BCUT2D eigenvalue weighted by molar-refractivity contribution is -0.196. The molecule has 0 spiro atoms. The van der Waals surface area contributed by atoms with Crippen molar-refractivity contribution in [2.24, 2.45) is 0 Å². The summed E-state index contributed by atoms with van der Waals surface area (Å²) in [6, 6.07) is 14.2. The van der Waals surface area contributed by atoms with Gasteiger partial charge in [0.05, 0.1) is 12.7 Å². The van der Waals surface area contributed by atoms with E-state index in [-0.39, 0.29) is 24.3 Å². The second kappa shape index (κ2) is 8.78. The Kier molecular flexibility index (Phi) is 5.97. The van der Waals surface area contributed by atoms with Crippen LogP contribution in [0.1, 0.15) is 21.5 Å². The van der Waals surface area contributed by atoms with E-state index >= 15 is 0 Å². The van der Waals surface area contributed by atoms with Crippen LogP contribution in [0.25, 0.3) is 0 Å². The van der Waals surface area contributed by atoms with Crippen LogP contribution in [0, 0.1) is 0 Å². The van der Waals surface area contributed by atoms with Crippen LogP contribution < -0.4 is 26.6 Å². The van der Waals surface area contributed by atoms with Gasteiger partial charge in [0.15, 0.2) is 0 Å². The Morgan fingerprint density at radius 3 is 2.37 bits per heavy atom. The first kappa shape index (κ1) is 23.8. The highest BCUT2D eigenvalue weighted by Crippen LogP contribution is 2.45. The van der Waals surface area contributed by atoms with Gasteiger partial charge in [0.2, 0.25) is 0 Å². The average Bonchev–Trinajstić information content (AvgIpc) is 3.12. The number of fused-ring (bicyclic) bond motifs is 1. The largest absolute Gasteiger partial charge is 0.496 e. The van der Waals surface area contributed by atoms with E-state index in [1.165, 1.54) is 31.4 Å². The summed E-state index contributed by atoms with van der Waals surface area (Å²) in [7, 11) is 1.22. The molecule has 3 N–H and O–H groups in total. The number of amides is 2. The number of benzene rings is 2. The van der Waals surface area contributed by atoms with Gasteiger partial charge in [-0.1, -0.05) is 42.5 Å². The third-order valence-electron chi connectivity index (χ3n) is 5.69. The summed E-state index contributed by atoms with van der Waals surface area (Å²) in [4.78, 5) is 52.8. The average molecular weight is 488 g/mol. The number of hydrogen-bond donors (Lipinski definition) is 3. The zero-order valence-corrected chi connectivity index (χ0v) is 18.2. The Morgan fingerprint density at radius 1 is 1.06 bits per heavy atom. The molecule has 0 radical (unpaired) electrons. The maximum absolute atomic E-state index is 14.5. The first-order valence-corrected chi connectivity index (χ1v) is 10.4. The molecular formula is C23H19F3N4O5. The summed E-state index contributed by atoms with van der Waals surface area (Å²) in [5.41, 5.74) is -6.82. The SMILES string of the molecule is COc1ccccc1C(=O)N[C@]1(C(F)(F)F)C(=O)Nc2c1c(=O)[nH]c(=O)n2CCc1ccccc1. The Hall–Kier alpha value is -4.35. The molecule has 0 unspecified atom stereocenters. The Balaban J connectivity index is 1.84. The molecule has 2 amide bonds. The van der Waals surface area contributed by atoms with Gasteiger partial charge in [-0.3, -0.25) is 23.9 Å². The van der Waals surface area contributed by atoms with Gasteiger partial charge >= 0.3 is 11.9 Å². The number of rotatable bonds is 6. The van der Waals surface area contributed by atoms with Crippen LogP contribution in [-0.4, -0.2) is 34.7 Å². The van der Waals surface area contributed by atoms with E-state index in [0.29, 0.717) is 0 Å². The lowest BCUT2D eigenvalue weighted by Gasteiger charge is -2.30. The number of carbonyl (C=O) groups is 2. The number of ether oxygens (including phenoxy) is 1. The molecule has 2 heterocycles. The molecule has 1 atom stereocenters. The van der Waals surface area contributed by atoms with Crippen molar-refractivity contribution in [2.75, 3.05) is 12.4 Å². The summed E-state index contributed by atoms with van der Waals surface area (Å²) >= 11 is 0. The molecule has 1 aromatic heterocycles. The number of H-pyrrole nitrogens is 1. The topological polar surface area (TPSA) is 122 Å². The minimum Gasteiger partial charge on any atom is -0.496 e. The van der Waals surface area contributed by atoms with Gasteiger partial charge in [-0.15, -0.1) is 0 Å². The number of hydrogen-bond acceptors (Lipinski definition) is 5. The minimum atomic E-state index is -5.44. The van der Waals surface area contributed by atoms with Crippen LogP contribution in [0.5, 0.6) is 5.75 Å². The Labute approximate surface area is 195 Å². The van der Waals surface area contributed by atoms with Crippen molar-refractivity contribution in [1.29, 1.82) is 0 Å². The number of methoxy groups -OCH3 is 1. The summed E-state index contributed by atoms with van der Waals surface area (Å²) in [6.07, 6.45) is -5.21. The molecule has 12 heteroatoms. The smallest absolute Gasteiger partial charge is 0.425 e. The fourth-order valence-electron chi connectivity index (χ4n) is 3.99. The number of nitrogens with zero attached hydrogens (tertiary/aromatic N) is 1. The van der Waals surface area contributed by atoms with Gasteiger partial charge in [0.25, 0.3) is 22.9 Å². The highest BCUT2D eigenvalue weighted by atomic mass is 19.4. The first-order chi connectivity index (χ1) is 16.6. The number of halogens is 3. The fourth-order valence-corrected chi connectivity index (χ4v) is 3.99. The number of aromatic amines is 1. The first-order valence-electron chi connectivity index (χ1n) is 10.4. The molecule has 0 saturated carbocycles. The second-order valence-electron chi connectivity index (χ2n) is 7.73. The van der Waals surface area contributed by atoms with Crippen molar-refractivity contribution >= 4 is 17.6 Å². The molecule has 0 bridgehead atoms. The van der Waals surface area contributed by atoms with Gasteiger partial charge in [-0.25, -0.2) is 4.79 Å². The van der Waals surface area contributed by atoms with Gasteiger partial charge in [0, 0.05) is 6.54 Å². The Morgan fingerprint density at radius 2 is 1.71 bits per heavy atom. The molecule has 1 aliphatic rings. The van der Waals surface area contributed by atoms with E-state index in [4.69, 9.17) is 4.74 Å². The predicted molar refractivity (Wildman–Crippen MR) is 118 cm³/mol. The lowest BCUT2D eigenvalue weighted by atomic mass is 9.91. The fraction of sp³-hybridized carbons (Fsp3) is 0.217. The van der Waals surface area contributed by atoms with Crippen molar-refractivity contribution < 1.29 is 27.5 Å². The molecule has 0 fully saturated rings. The molecule has 35 heavy (non-hydrogen) atoms. The maximum atomic E-state index is 14.5. The van der Waals surface area contributed by atoms with Crippen molar-refractivity contribution in [3.05, 3.63) is 92.1 Å². The van der Waals surface area contributed by atoms with Gasteiger partial charge in [-0.2, -0.15) is 13.2 Å². The van der Waals surface area contributed by atoms with E-state index < -0.39 is 46.2 Å². The van der Waals surface area contributed by atoms with Crippen LogP contribution in [-0.2, 0) is 23.3 Å². The number of aryl methyl sites for hydroxylation is 1. The molecule has 0 saturated heterocycles. The minimum absolute atomic E-state index is 0.0392. The normalized spacial score (nSPS) is 17.0. The summed E-state index contributed by atoms with van der Waals surface area (Å²) < 4.78 is 49.4. The van der Waals surface area contributed by atoms with Gasteiger partial charge in [0.1, 0.15) is 17.1 Å². The Bertz CT molecular complexity index is 1420. The van der Waals surface area contributed by atoms with Crippen molar-refractivity contribution in [1.82, 2.24) is 14.9 Å². The number of nitrogens with one attached hydrogen (secondary N) is 3. The summed E-state index contributed by atoms with van der Waals surface area (Å²) in [5.74, 6) is -3.68. The quantitative estimate of drug-likeness (QED) is 0.490. The monoisotopic (exact) mass is 488 g/mol. The lowest BCUT2D eigenvalue weighted by Crippen LogP contribution is -2.62. The highest BCUT2D eigenvalue weighted by Gasteiger charge is 2.68. The molecular weight excluding hydrogens is 469 g/mol. The molecule has 0 aliphatic carbocycles. The maximum Gasteiger partial charge on any atom is 0.425 e. The van der Waals surface area contributed by atoms with Crippen LogP contribution in [0.4, 0.5) is 19.0 Å². The number of carbonyl (C=O) groups excluding carboxylic acids is 2. The molecule has 4 rings (SSSR count). The third-order valence-corrected chi connectivity index (χ3v) is 5.69. The van der Waals surface area contributed by atoms with E-state index in [1.54, 1.807) is 35.6 Å². The number of anilines is 1. The zero-order valence-electron chi connectivity index (χ0n) is 18.2. The number of alkyl halides is 3. The second-order valence-corrected chi connectivity index (χ2v) is 7.73.